The van der Waals surface area contributed by atoms with Crippen LogP contribution in [0.1, 0.15) is 55.0 Å². The van der Waals surface area contributed by atoms with Crippen molar-refractivity contribution >= 4 is 44.1 Å². The number of anilines is 4. The smallest absolute Gasteiger partial charge is 0.212 e. The molecule has 3 fully saturated rings. The molecule has 468 valence electrons. The van der Waals surface area contributed by atoms with Crippen LogP contribution in [0, 0.1) is 22.7 Å². The Morgan fingerprint density at radius 2 is 1.05 bits per heavy atom. The van der Waals surface area contributed by atoms with E-state index in [9.17, 15) is 18.9 Å². The van der Waals surface area contributed by atoms with Gasteiger partial charge < -0.3 is 35.6 Å². The van der Waals surface area contributed by atoms with Crippen LogP contribution in [0.4, 0.5) is 23.3 Å². The van der Waals surface area contributed by atoms with Gasteiger partial charge in [0.1, 0.15) is 34.9 Å². The van der Waals surface area contributed by atoms with Gasteiger partial charge in [-0.25, -0.2) is 37.4 Å². The number of nitrogens with zero attached hydrogens (tertiary/aromatic N) is 19. The third kappa shape index (κ3) is 13.5. The number of hydrogen-bond acceptors (Lipinski definition) is 21. The van der Waals surface area contributed by atoms with Crippen molar-refractivity contribution in [1.29, 1.82) is 10.5 Å². The first kappa shape index (κ1) is 61.3. The van der Waals surface area contributed by atoms with E-state index in [0.29, 0.717) is 40.0 Å². The predicted molar refractivity (Wildman–Crippen MR) is 349 cm³/mol. The minimum Gasteiger partial charge on any atom is -0.481 e. The maximum Gasteiger partial charge on any atom is 0.212 e. The maximum atomic E-state index is 12.3. The van der Waals surface area contributed by atoms with Gasteiger partial charge in [0.05, 0.1) is 61.2 Å². The molecule has 0 saturated carbocycles. The van der Waals surface area contributed by atoms with Crippen LogP contribution in [0.2, 0.25) is 0 Å². The fourth-order valence-corrected chi connectivity index (χ4v) is 12.8. The number of ether oxygens (including phenoxy) is 2. The number of hydrogen-bond donors (Lipinski definition) is 2. The highest BCUT2D eigenvalue weighted by Gasteiger charge is 2.26. The summed E-state index contributed by atoms with van der Waals surface area (Å²) in [4.78, 5) is 30.1. The lowest BCUT2D eigenvalue weighted by Gasteiger charge is -2.35. The SMILES string of the molecule is COc1ccc(CN2CCN(c3ccc(-c4cc(-c5cnn(C6CCN(C)CC6)c5)cn5nc(N)c(C#N)c45)cn3)CC2)cn1.COc1ccc(CN2CCN(c3ccc(-c4cc(-c5cnn(CCS(=O)(=O)C(C)C)c5)cn5nc(N)c(C#N)c45)cn3)CC2)cn1. The summed E-state index contributed by atoms with van der Waals surface area (Å²) in [6.45, 7) is 14.5. The van der Waals surface area contributed by atoms with E-state index in [1.807, 2.05) is 79.8 Å². The highest BCUT2D eigenvalue weighted by atomic mass is 32.2. The van der Waals surface area contributed by atoms with Crippen molar-refractivity contribution in [2.24, 2.45) is 0 Å². The molecule has 3 aliphatic heterocycles. The molecule has 26 heteroatoms. The number of fused-ring (bicyclic) bond motifs is 2. The van der Waals surface area contributed by atoms with Gasteiger partial charge in [-0.1, -0.05) is 12.1 Å². The number of nitrogens with two attached hydrogens (primary N) is 2. The summed E-state index contributed by atoms with van der Waals surface area (Å²) in [5.74, 6) is 3.42. The molecule has 10 aromatic heterocycles. The zero-order chi connectivity index (χ0) is 63.3. The average Bonchev–Trinajstić information content (AvgIpc) is 1.68. The van der Waals surface area contributed by atoms with E-state index in [0.717, 1.165) is 153 Å². The van der Waals surface area contributed by atoms with Crippen LogP contribution in [-0.4, -0.2) is 180 Å². The molecule has 3 aliphatic rings. The monoisotopic (exact) mass is 1240 g/mol. The molecule has 3 saturated heterocycles. The van der Waals surface area contributed by atoms with Crippen LogP contribution in [0.5, 0.6) is 11.8 Å². The van der Waals surface area contributed by atoms with Crippen molar-refractivity contribution in [3.63, 3.8) is 0 Å². The fraction of sp³-hybridized carbons (Fsp3) is 0.354. The number of nitrogen functional groups attached to an aromatic ring is 2. The Labute approximate surface area is 528 Å². The summed E-state index contributed by atoms with van der Waals surface area (Å²) in [7, 11) is 2.21. The molecule has 0 aromatic carbocycles. The van der Waals surface area contributed by atoms with E-state index >= 15 is 0 Å². The first-order chi connectivity index (χ1) is 44.1. The molecule has 13 rings (SSSR count). The largest absolute Gasteiger partial charge is 0.481 e. The van der Waals surface area contributed by atoms with Gasteiger partial charge in [-0.15, -0.1) is 10.2 Å². The van der Waals surface area contributed by atoms with Crippen LogP contribution in [0.25, 0.3) is 55.5 Å². The van der Waals surface area contributed by atoms with E-state index in [2.05, 4.69) is 104 Å². The van der Waals surface area contributed by atoms with Crippen LogP contribution in [0.15, 0.2) is 123 Å². The van der Waals surface area contributed by atoms with Gasteiger partial charge in [0.25, 0.3) is 0 Å². The summed E-state index contributed by atoms with van der Waals surface area (Å²) in [5.41, 5.74) is 23.4. The lowest BCUT2D eigenvalue weighted by molar-refractivity contribution is 0.212. The van der Waals surface area contributed by atoms with E-state index in [-0.39, 0.29) is 23.9 Å². The Bertz CT molecular complexity index is 4370. The molecule has 4 N–H and O–H groups in total. The van der Waals surface area contributed by atoms with Crippen molar-refractivity contribution in [2.75, 3.05) is 114 Å². The number of methoxy groups -OCH3 is 2. The summed E-state index contributed by atoms with van der Waals surface area (Å²) in [5, 5.41) is 37.4. The molecule has 25 nitrogen and oxygen atoms in total. The number of piperazine rings is 2. The van der Waals surface area contributed by atoms with Crippen LogP contribution < -0.4 is 30.7 Å². The number of sulfone groups is 1. The first-order valence-electron chi connectivity index (χ1n) is 30.4. The molecule has 13 heterocycles. The van der Waals surface area contributed by atoms with Crippen molar-refractivity contribution < 1.29 is 17.9 Å². The van der Waals surface area contributed by atoms with Crippen molar-refractivity contribution in [3.8, 4) is 68.4 Å². The van der Waals surface area contributed by atoms with Crippen molar-refractivity contribution in [1.82, 2.24) is 73.4 Å². The summed E-state index contributed by atoms with van der Waals surface area (Å²) < 4.78 is 42.0. The Kier molecular flexibility index (Phi) is 17.9. The fourth-order valence-electron chi connectivity index (χ4n) is 11.9. The third-order valence-electron chi connectivity index (χ3n) is 17.4. The number of nitriles is 2. The van der Waals surface area contributed by atoms with Gasteiger partial charge in [-0.2, -0.15) is 20.7 Å². The van der Waals surface area contributed by atoms with Gasteiger partial charge in [0.15, 0.2) is 21.5 Å². The third-order valence-corrected chi connectivity index (χ3v) is 19.5. The minimum atomic E-state index is -3.20. The Balaban J connectivity index is 0.000000176. The number of aryl methyl sites for hydroxylation is 1. The molecular weight excluding hydrogens is 1170 g/mol. The van der Waals surface area contributed by atoms with Crippen LogP contribution in [-0.2, 0) is 29.5 Å². The predicted octanol–water partition coefficient (Wildman–Crippen LogP) is 6.97. The molecule has 10 aromatic rings. The Morgan fingerprint density at radius 1 is 0.571 bits per heavy atom. The highest BCUT2D eigenvalue weighted by molar-refractivity contribution is 7.91. The van der Waals surface area contributed by atoms with E-state index in [1.165, 1.54) is 5.56 Å². The quantitative estimate of drug-likeness (QED) is 0.0930. The van der Waals surface area contributed by atoms with Gasteiger partial charge in [-0.05, 0) is 94.4 Å². The zero-order valence-corrected chi connectivity index (χ0v) is 52.5. The highest BCUT2D eigenvalue weighted by Crippen LogP contribution is 2.37. The molecule has 0 radical (unpaired) electrons. The molecule has 0 aliphatic carbocycles. The van der Waals surface area contributed by atoms with Crippen molar-refractivity contribution in [2.45, 2.75) is 57.6 Å². The normalized spacial score (nSPS) is 15.4. The standard InChI is InChI=1S/C33H37N11O.C32H36N10O3S/c1-40-9-7-27(8-10-40)43-22-26(19-38-43)25-15-28(32-29(16-34)33(35)39-44(32)21-25)24-4-5-30(36-18-24)42-13-11-41(12-14-42)20-23-3-6-31(45-2)37-17-23;1-22(2)46(43,44)13-12-41-20-26(18-37-41)25-14-27(31-28(15-33)32(34)38-42(31)21-25)24-5-6-29(35-17-24)40-10-8-39(9-11-40)19-23-4-7-30(45-3)36-16-23/h3-6,15,17-19,21-22,27H,7-14,20H2,1-2H3,(H2,35,39);4-7,14,16-18,20-22H,8-13,19H2,1-3H3,(H2,34,38). The molecule has 0 unspecified atom stereocenters. The summed E-state index contributed by atoms with van der Waals surface area (Å²) in [6, 6.07) is 24.9. The second-order valence-electron chi connectivity index (χ2n) is 23.5. The van der Waals surface area contributed by atoms with Gasteiger partial charge in [-0.3, -0.25) is 19.2 Å². The summed E-state index contributed by atoms with van der Waals surface area (Å²) in [6.07, 6.45) is 20.8. The second-order valence-corrected chi connectivity index (χ2v) is 26.2. The van der Waals surface area contributed by atoms with Gasteiger partial charge in [0, 0.05) is 172 Å². The molecule has 91 heavy (non-hydrogen) atoms. The number of aromatic nitrogens is 12. The lowest BCUT2D eigenvalue weighted by Crippen LogP contribution is -2.46. The van der Waals surface area contributed by atoms with E-state index in [4.69, 9.17) is 36.0 Å². The molecule has 0 spiro atoms. The molecule has 0 amide bonds. The van der Waals surface area contributed by atoms with Crippen LogP contribution in [0.3, 0.4) is 0 Å². The van der Waals surface area contributed by atoms with Crippen LogP contribution >= 0.6 is 0 Å². The topological polar surface area (TPSA) is 290 Å². The van der Waals surface area contributed by atoms with E-state index in [1.54, 1.807) is 54.2 Å². The number of pyridine rings is 6. The number of rotatable bonds is 17. The average molecular weight is 1240 g/mol. The second kappa shape index (κ2) is 26.6. The lowest BCUT2D eigenvalue weighted by atomic mass is 10.0. The number of likely N-dealkylation sites (tertiary alicyclic amines) is 1. The summed E-state index contributed by atoms with van der Waals surface area (Å²) >= 11 is 0. The first-order valence-corrected chi connectivity index (χ1v) is 32.1. The molecular formula is C65H73N21O4S. The van der Waals surface area contributed by atoms with Gasteiger partial charge >= 0.3 is 0 Å². The Morgan fingerprint density at radius 3 is 1.48 bits per heavy atom. The zero-order valence-electron chi connectivity index (χ0n) is 51.7. The molecule has 0 bridgehead atoms. The van der Waals surface area contributed by atoms with Gasteiger partial charge in [0.2, 0.25) is 11.8 Å². The van der Waals surface area contributed by atoms with E-state index < -0.39 is 15.1 Å². The maximum absolute atomic E-state index is 12.3. The number of piperidine rings is 1. The minimum absolute atomic E-state index is 0.00447. The van der Waals surface area contributed by atoms with Crippen molar-refractivity contribution in [3.05, 3.63) is 145 Å². The molecule has 0 atom stereocenters. The Hall–Kier alpha value is -9.99.